The molecule has 1 N–H and O–H groups in total. The summed E-state index contributed by atoms with van der Waals surface area (Å²) in [6, 6.07) is 8.59. The molecule has 0 aliphatic heterocycles. The summed E-state index contributed by atoms with van der Waals surface area (Å²) in [5, 5.41) is 4.66. The molecule has 0 saturated heterocycles. The van der Waals surface area contributed by atoms with Gasteiger partial charge < -0.3 is 10.1 Å². The van der Waals surface area contributed by atoms with Gasteiger partial charge in [-0.25, -0.2) is 4.98 Å². The SMILES string of the molecule is CC(C)OCCCNC(C)c1nc2ccccc2s1. The largest absolute Gasteiger partial charge is 0.379 e. The molecule has 1 aromatic carbocycles. The summed E-state index contributed by atoms with van der Waals surface area (Å²) in [4.78, 5) is 4.66. The van der Waals surface area contributed by atoms with Crippen molar-refractivity contribution < 1.29 is 4.74 Å². The number of hydrogen-bond donors (Lipinski definition) is 1. The van der Waals surface area contributed by atoms with Crippen LogP contribution in [0.4, 0.5) is 0 Å². The van der Waals surface area contributed by atoms with E-state index in [4.69, 9.17) is 4.74 Å². The summed E-state index contributed by atoms with van der Waals surface area (Å²) in [6.45, 7) is 8.08. The van der Waals surface area contributed by atoms with Crippen molar-refractivity contribution in [2.45, 2.75) is 39.3 Å². The molecule has 0 radical (unpaired) electrons. The molecule has 0 aliphatic carbocycles. The third kappa shape index (κ3) is 4.27. The number of rotatable bonds is 7. The third-order valence-corrected chi connectivity index (χ3v) is 4.12. The normalized spacial score (nSPS) is 13.3. The van der Waals surface area contributed by atoms with Gasteiger partial charge in [-0.15, -0.1) is 11.3 Å². The number of para-hydroxylation sites is 1. The van der Waals surface area contributed by atoms with E-state index in [1.807, 2.05) is 6.07 Å². The third-order valence-electron chi connectivity index (χ3n) is 2.90. The molecular weight excluding hydrogens is 256 g/mol. The molecule has 1 atom stereocenters. The lowest BCUT2D eigenvalue weighted by atomic mass is 10.3. The average Bonchev–Trinajstić information content (AvgIpc) is 2.81. The first-order valence-corrected chi connectivity index (χ1v) is 7.69. The van der Waals surface area contributed by atoms with E-state index in [1.54, 1.807) is 11.3 Å². The van der Waals surface area contributed by atoms with Gasteiger partial charge in [-0.1, -0.05) is 12.1 Å². The molecule has 2 rings (SSSR count). The van der Waals surface area contributed by atoms with Crippen LogP contribution in [0.5, 0.6) is 0 Å². The van der Waals surface area contributed by atoms with Crippen LogP contribution in [0.25, 0.3) is 10.2 Å². The molecule has 1 heterocycles. The number of ether oxygens (including phenoxy) is 1. The first-order chi connectivity index (χ1) is 9.16. The number of nitrogens with one attached hydrogen (secondary N) is 1. The molecular formula is C15H22N2OS. The Bertz CT molecular complexity index is 477. The van der Waals surface area contributed by atoms with Crippen LogP contribution in [-0.4, -0.2) is 24.2 Å². The summed E-state index contributed by atoms with van der Waals surface area (Å²) in [6.07, 6.45) is 1.36. The molecule has 1 unspecified atom stereocenters. The highest BCUT2D eigenvalue weighted by atomic mass is 32.1. The smallest absolute Gasteiger partial charge is 0.111 e. The molecule has 19 heavy (non-hydrogen) atoms. The van der Waals surface area contributed by atoms with Crippen molar-refractivity contribution >= 4 is 21.6 Å². The average molecular weight is 278 g/mol. The van der Waals surface area contributed by atoms with Crippen molar-refractivity contribution in [3.05, 3.63) is 29.3 Å². The zero-order valence-corrected chi connectivity index (χ0v) is 12.7. The summed E-state index contributed by atoms with van der Waals surface area (Å²) >= 11 is 1.77. The van der Waals surface area contributed by atoms with Gasteiger partial charge in [-0.05, 0) is 45.9 Å². The van der Waals surface area contributed by atoms with Gasteiger partial charge in [0, 0.05) is 6.61 Å². The standard InChI is InChI=1S/C15H22N2OS/c1-11(2)18-10-6-9-16-12(3)15-17-13-7-4-5-8-14(13)19-15/h4-5,7-8,11-12,16H,6,9-10H2,1-3H3. The van der Waals surface area contributed by atoms with Crippen LogP contribution < -0.4 is 5.32 Å². The van der Waals surface area contributed by atoms with E-state index in [9.17, 15) is 0 Å². The molecule has 0 amide bonds. The highest BCUT2D eigenvalue weighted by molar-refractivity contribution is 7.18. The molecule has 3 nitrogen and oxygen atoms in total. The van der Waals surface area contributed by atoms with Gasteiger partial charge >= 0.3 is 0 Å². The van der Waals surface area contributed by atoms with E-state index in [0.29, 0.717) is 12.1 Å². The minimum atomic E-state index is 0.302. The van der Waals surface area contributed by atoms with Crippen molar-refractivity contribution in [2.75, 3.05) is 13.2 Å². The van der Waals surface area contributed by atoms with Crippen LogP contribution in [0.1, 0.15) is 38.2 Å². The second-order valence-corrected chi connectivity index (χ2v) is 6.03. The highest BCUT2D eigenvalue weighted by Gasteiger charge is 2.10. The summed E-state index contributed by atoms with van der Waals surface area (Å²) in [5.74, 6) is 0. The Labute approximate surface area is 119 Å². The Morgan fingerprint density at radius 2 is 2.05 bits per heavy atom. The van der Waals surface area contributed by atoms with Gasteiger partial charge in [-0.2, -0.15) is 0 Å². The van der Waals surface area contributed by atoms with Crippen LogP contribution >= 0.6 is 11.3 Å². The lowest BCUT2D eigenvalue weighted by molar-refractivity contribution is 0.0768. The number of aromatic nitrogens is 1. The Morgan fingerprint density at radius 3 is 2.79 bits per heavy atom. The van der Waals surface area contributed by atoms with E-state index in [0.717, 1.165) is 30.1 Å². The van der Waals surface area contributed by atoms with Crippen LogP contribution in [0, 0.1) is 0 Å². The van der Waals surface area contributed by atoms with E-state index in [1.165, 1.54) is 4.70 Å². The van der Waals surface area contributed by atoms with Crippen molar-refractivity contribution in [3.63, 3.8) is 0 Å². The quantitative estimate of drug-likeness (QED) is 0.783. The lowest BCUT2D eigenvalue weighted by Gasteiger charge is -2.11. The van der Waals surface area contributed by atoms with Gasteiger partial charge in [0.1, 0.15) is 5.01 Å². The topological polar surface area (TPSA) is 34.1 Å². The zero-order chi connectivity index (χ0) is 13.7. The van der Waals surface area contributed by atoms with E-state index in [-0.39, 0.29) is 0 Å². The Morgan fingerprint density at radius 1 is 1.26 bits per heavy atom. The second kappa shape index (κ2) is 6.98. The van der Waals surface area contributed by atoms with Gasteiger partial charge in [-0.3, -0.25) is 0 Å². The van der Waals surface area contributed by atoms with E-state index >= 15 is 0 Å². The minimum Gasteiger partial charge on any atom is -0.379 e. The molecule has 104 valence electrons. The number of fused-ring (bicyclic) bond motifs is 1. The van der Waals surface area contributed by atoms with E-state index < -0.39 is 0 Å². The predicted octanol–water partition coefficient (Wildman–Crippen LogP) is 3.76. The molecule has 4 heteroatoms. The summed E-state index contributed by atoms with van der Waals surface area (Å²) in [7, 11) is 0. The Balaban J connectivity index is 1.81. The van der Waals surface area contributed by atoms with Crippen LogP contribution in [0.2, 0.25) is 0 Å². The fourth-order valence-corrected chi connectivity index (χ4v) is 2.87. The molecule has 0 aliphatic rings. The number of nitrogens with zero attached hydrogens (tertiary/aromatic N) is 1. The van der Waals surface area contributed by atoms with Crippen molar-refractivity contribution in [3.8, 4) is 0 Å². The number of hydrogen-bond acceptors (Lipinski definition) is 4. The lowest BCUT2D eigenvalue weighted by Crippen LogP contribution is -2.21. The Hall–Kier alpha value is -0.970. The van der Waals surface area contributed by atoms with Crippen molar-refractivity contribution in [2.24, 2.45) is 0 Å². The molecule has 0 saturated carbocycles. The van der Waals surface area contributed by atoms with Crippen LogP contribution in [-0.2, 0) is 4.74 Å². The zero-order valence-electron chi connectivity index (χ0n) is 11.8. The fourth-order valence-electron chi connectivity index (χ4n) is 1.87. The maximum absolute atomic E-state index is 5.52. The molecule has 1 aromatic heterocycles. The monoisotopic (exact) mass is 278 g/mol. The van der Waals surface area contributed by atoms with Gasteiger partial charge in [0.25, 0.3) is 0 Å². The number of benzene rings is 1. The van der Waals surface area contributed by atoms with Gasteiger partial charge in [0.05, 0.1) is 22.4 Å². The Kier molecular flexibility index (Phi) is 5.31. The maximum atomic E-state index is 5.52. The number of thiazole rings is 1. The predicted molar refractivity (Wildman–Crippen MR) is 81.7 cm³/mol. The molecule has 0 bridgehead atoms. The highest BCUT2D eigenvalue weighted by Crippen LogP contribution is 2.25. The van der Waals surface area contributed by atoms with E-state index in [2.05, 4.69) is 49.3 Å². The summed E-state index contributed by atoms with van der Waals surface area (Å²) in [5.41, 5.74) is 1.10. The van der Waals surface area contributed by atoms with Crippen molar-refractivity contribution in [1.82, 2.24) is 10.3 Å². The van der Waals surface area contributed by atoms with Gasteiger partial charge in [0.2, 0.25) is 0 Å². The molecule has 0 fully saturated rings. The minimum absolute atomic E-state index is 0.302. The first-order valence-electron chi connectivity index (χ1n) is 6.87. The summed E-state index contributed by atoms with van der Waals surface area (Å²) < 4.78 is 6.78. The van der Waals surface area contributed by atoms with Gasteiger partial charge in [0.15, 0.2) is 0 Å². The fraction of sp³-hybridized carbons (Fsp3) is 0.533. The maximum Gasteiger partial charge on any atom is 0.111 e. The van der Waals surface area contributed by atoms with Crippen LogP contribution in [0.15, 0.2) is 24.3 Å². The van der Waals surface area contributed by atoms with Crippen molar-refractivity contribution in [1.29, 1.82) is 0 Å². The molecule has 2 aromatic rings. The van der Waals surface area contributed by atoms with Crippen LogP contribution in [0.3, 0.4) is 0 Å². The molecule has 0 spiro atoms. The second-order valence-electron chi connectivity index (χ2n) is 4.97. The first kappa shape index (κ1) is 14.4.